The van der Waals surface area contributed by atoms with Crippen molar-refractivity contribution in [1.29, 1.82) is 5.26 Å². The molecule has 0 spiro atoms. The summed E-state index contributed by atoms with van der Waals surface area (Å²) < 4.78 is 14.4. The number of nitrogens with zero attached hydrogens (tertiary/aromatic N) is 3. The lowest BCUT2D eigenvalue weighted by atomic mass is 10.0. The third-order valence-electron chi connectivity index (χ3n) is 5.27. The van der Waals surface area contributed by atoms with E-state index < -0.39 is 5.82 Å². The van der Waals surface area contributed by atoms with E-state index in [1.165, 1.54) is 35.8 Å². The largest absolute Gasteiger partial charge is 0.508 e. The van der Waals surface area contributed by atoms with E-state index in [-0.39, 0.29) is 17.1 Å². The molecule has 34 heavy (non-hydrogen) atoms. The van der Waals surface area contributed by atoms with Crippen LogP contribution in [0.15, 0.2) is 83.9 Å². The molecule has 0 saturated carbocycles. The Morgan fingerprint density at radius 2 is 1.74 bits per heavy atom. The van der Waals surface area contributed by atoms with Crippen molar-refractivity contribution < 1.29 is 14.6 Å². The minimum atomic E-state index is -0.464. The lowest BCUT2D eigenvalue weighted by molar-refractivity contribution is 0.472. The second-order valence-corrected chi connectivity index (χ2v) is 8.56. The fraction of sp³-hybridized carbons (Fsp3) is 0. The second-order valence-electron chi connectivity index (χ2n) is 7.53. The Morgan fingerprint density at radius 1 is 0.941 bits per heavy atom. The van der Waals surface area contributed by atoms with Crippen LogP contribution in [0.1, 0.15) is 11.1 Å². The number of phenolic OH excluding ortho intramolecular Hbond substituents is 2. The van der Waals surface area contributed by atoms with Gasteiger partial charge in [0.05, 0.1) is 27.5 Å². The number of aromatic nitrogens is 1. The van der Waals surface area contributed by atoms with Gasteiger partial charge >= 0.3 is 0 Å². The van der Waals surface area contributed by atoms with Gasteiger partial charge < -0.3 is 10.2 Å². The maximum Gasteiger partial charge on any atom is 0.126 e. The molecule has 164 valence electrons. The molecule has 4 aromatic carbocycles. The summed E-state index contributed by atoms with van der Waals surface area (Å²) in [5.74, 6) is -0.408. The number of aromatic hydroxyl groups is 2. The van der Waals surface area contributed by atoms with Crippen LogP contribution >= 0.6 is 11.3 Å². The van der Waals surface area contributed by atoms with Crippen molar-refractivity contribution in [2.24, 2.45) is 4.99 Å². The van der Waals surface area contributed by atoms with Gasteiger partial charge in [0.1, 0.15) is 22.3 Å². The second kappa shape index (κ2) is 8.77. The summed E-state index contributed by atoms with van der Waals surface area (Å²) in [6, 6.07) is 23.6. The van der Waals surface area contributed by atoms with E-state index in [2.05, 4.69) is 11.1 Å². The van der Waals surface area contributed by atoms with Gasteiger partial charge in [-0.1, -0.05) is 24.3 Å². The van der Waals surface area contributed by atoms with Gasteiger partial charge in [-0.25, -0.2) is 9.37 Å². The number of fused-ring (bicyclic) bond motifs is 1. The Balaban J connectivity index is 1.60. The molecule has 0 atom stereocenters. The molecule has 2 N–H and O–H groups in total. The SMILES string of the molecule is N#Cc1ccc(-c2cc(O)cc3sc(-c4ccccc4/N=C/c4cc(F)ccc4O)nc23)cc1. The van der Waals surface area contributed by atoms with Gasteiger partial charge in [0.25, 0.3) is 0 Å². The number of aliphatic imine (C=N–C) groups is 1. The van der Waals surface area contributed by atoms with Crippen LogP contribution in [-0.2, 0) is 0 Å². The predicted molar refractivity (Wildman–Crippen MR) is 132 cm³/mol. The van der Waals surface area contributed by atoms with Gasteiger partial charge in [-0.2, -0.15) is 5.26 Å². The van der Waals surface area contributed by atoms with E-state index in [1.54, 1.807) is 24.3 Å². The first-order valence-electron chi connectivity index (χ1n) is 10.3. The number of hydrogen-bond acceptors (Lipinski definition) is 6. The minimum Gasteiger partial charge on any atom is -0.508 e. The van der Waals surface area contributed by atoms with Gasteiger partial charge in [0.15, 0.2) is 0 Å². The summed E-state index contributed by atoms with van der Waals surface area (Å²) in [5.41, 5.74) is 4.51. The van der Waals surface area contributed by atoms with Gasteiger partial charge in [0.2, 0.25) is 0 Å². The van der Waals surface area contributed by atoms with E-state index >= 15 is 0 Å². The Labute approximate surface area is 198 Å². The lowest BCUT2D eigenvalue weighted by Gasteiger charge is -2.04. The smallest absolute Gasteiger partial charge is 0.126 e. The summed E-state index contributed by atoms with van der Waals surface area (Å²) in [6.45, 7) is 0. The molecule has 0 amide bonds. The number of nitriles is 1. The Hall–Kier alpha value is -4.54. The summed E-state index contributed by atoms with van der Waals surface area (Å²) >= 11 is 1.42. The van der Waals surface area contributed by atoms with Crippen molar-refractivity contribution >= 4 is 33.5 Å². The van der Waals surface area contributed by atoms with Gasteiger partial charge in [-0.15, -0.1) is 11.3 Å². The lowest BCUT2D eigenvalue weighted by Crippen LogP contribution is -1.85. The molecule has 1 heterocycles. The first-order chi connectivity index (χ1) is 16.5. The van der Waals surface area contributed by atoms with Crippen LogP contribution in [0.4, 0.5) is 10.1 Å². The van der Waals surface area contributed by atoms with Crippen LogP contribution in [0, 0.1) is 17.1 Å². The average Bonchev–Trinajstić information content (AvgIpc) is 3.28. The van der Waals surface area contributed by atoms with E-state index in [4.69, 9.17) is 10.2 Å². The van der Waals surface area contributed by atoms with Crippen LogP contribution in [0.3, 0.4) is 0 Å². The zero-order valence-electron chi connectivity index (χ0n) is 17.6. The highest BCUT2D eigenvalue weighted by atomic mass is 32.1. The van der Waals surface area contributed by atoms with Crippen molar-refractivity contribution in [3.63, 3.8) is 0 Å². The van der Waals surface area contributed by atoms with Gasteiger partial charge in [-0.3, -0.25) is 4.99 Å². The number of para-hydroxylation sites is 1. The van der Waals surface area contributed by atoms with Crippen molar-refractivity contribution in [3.8, 4) is 39.3 Å². The summed E-state index contributed by atoms with van der Waals surface area (Å²) in [5, 5.41) is 30.1. The molecule has 0 aliphatic rings. The van der Waals surface area contributed by atoms with Crippen LogP contribution < -0.4 is 0 Å². The fourth-order valence-electron chi connectivity index (χ4n) is 3.61. The van der Waals surface area contributed by atoms with Crippen molar-refractivity contribution in [3.05, 3.63) is 95.8 Å². The molecule has 0 aliphatic heterocycles. The standard InChI is InChI=1S/C27H16FN3O2S/c28-19-9-10-24(33)18(11-19)15-30-23-4-2-1-3-21(23)27-31-26-22(12-20(32)13-25(26)34-27)17-7-5-16(14-29)6-8-17/h1-13,15,32-33H/b30-15+. The Morgan fingerprint density at radius 3 is 2.53 bits per heavy atom. The zero-order valence-corrected chi connectivity index (χ0v) is 18.4. The third kappa shape index (κ3) is 4.10. The highest BCUT2D eigenvalue weighted by molar-refractivity contribution is 7.21. The minimum absolute atomic E-state index is 0.0647. The van der Waals surface area contributed by atoms with E-state index in [0.717, 1.165) is 26.9 Å². The molecular formula is C27H16FN3O2S. The topological polar surface area (TPSA) is 89.5 Å². The molecule has 0 bridgehead atoms. The van der Waals surface area contributed by atoms with E-state index in [9.17, 15) is 14.6 Å². The van der Waals surface area contributed by atoms with Crippen LogP contribution in [0.25, 0.3) is 31.9 Å². The van der Waals surface area contributed by atoms with Crippen LogP contribution in [0.2, 0.25) is 0 Å². The maximum atomic E-state index is 13.6. The van der Waals surface area contributed by atoms with Crippen molar-refractivity contribution in [2.75, 3.05) is 0 Å². The quantitative estimate of drug-likeness (QED) is 0.286. The third-order valence-corrected chi connectivity index (χ3v) is 6.31. The number of rotatable bonds is 4. The van der Waals surface area contributed by atoms with Crippen molar-refractivity contribution in [1.82, 2.24) is 4.98 Å². The Kier molecular flexibility index (Phi) is 5.50. The molecule has 0 fully saturated rings. The van der Waals surface area contributed by atoms with Gasteiger partial charge in [0, 0.05) is 22.9 Å². The summed E-state index contributed by atoms with van der Waals surface area (Å²) in [4.78, 5) is 9.33. The molecule has 5 rings (SSSR count). The molecule has 0 radical (unpaired) electrons. The van der Waals surface area contributed by atoms with Crippen LogP contribution in [0.5, 0.6) is 11.5 Å². The maximum absolute atomic E-state index is 13.6. The average molecular weight is 466 g/mol. The first kappa shape index (κ1) is 21.3. The van der Waals surface area contributed by atoms with E-state index in [0.29, 0.717) is 16.3 Å². The number of hydrogen-bond donors (Lipinski definition) is 2. The van der Waals surface area contributed by atoms with Crippen LogP contribution in [-0.4, -0.2) is 21.4 Å². The highest BCUT2D eigenvalue weighted by Crippen LogP contribution is 2.41. The Bertz CT molecular complexity index is 1600. The number of halogens is 1. The fourth-order valence-corrected chi connectivity index (χ4v) is 4.67. The van der Waals surface area contributed by atoms with Gasteiger partial charge in [-0.05, 0) is 60.2 Å². The molecule has 5 nitrogen and oxygen atoms in total. The molecule has 5 aromatic rings. The number of phenols is 2. The molecule has 0 aliphatic carbocycles. The molecule has 0 unspecified atom stereocenters. The normalized spacial score (nSPS) is 11.2. The first-order valence-corrected chi connectivity index (χ1v) is 11.1. The summed E-state index contributed by atoms with van der Waals surface area (Å²) in [6.07, 6.45) is 1.42. The zero-order chi connectivity index (χ0) is 23.7. The monoisotopic (exact) mass is 465 g/mol. The molecular weight excluding hydrogens is 449 g/mol. The highest BCUT2D eigenvalue weighted by Gasteiger charge is 2.15. The number of benzene rings is 4. The molecule has 0 saturated heterocycles. The van der Waals surface area contributed by atoms with Crippen molar-refractivity contribution in [2.45, 2.75) is 0 Å². The summed E-state index contributed by atoms with van der Waals surface area (Å²) in [7, 11) is 0. The predicted octanol–water partition coefficient (Wildman–Crippen LogP) is 6.80. The molecule has 7 heteroatoms. The molecule has 1 aromatic heterocycles. The van der Waals surface area contributed by atoms with E-state index in [1.807, 2.05) is 36.4 Å². The number of thiazole rings is 1.